The van der Waals surface area contributed by atoms with E-state index in [-0.39, 0.29) is 24.8 Å². The molecule has 0 spiro atoms. The van der Waals surface area contributed by atoms with Crippen LogP contribution in [0, 0.1) is 20.8 Å². The van der Waals surface area contributed by atoms with Crippen molar-refractivity contribution in [2.45, 2.75) is 39.7 Å². The number of carbonyl (C=O) groups excluding carboxylic acids is 3. The molecule has 0 aliphatic heterocycles. The van der Waals surface area contributed by atoms with Crippen LogP contribution in [0.3, 0.4) is 0 Å². The minimum atomic E-state index is -0.638. The van der Waals surface area contributed by atoms with Gasteiger partial charge in [-0.15, -0.1) is 0 Å². The fourth-order valence-corrected chi connectivity index (χ4v) is 3.30. The average molecular weight is 368 g/mol. The summed E-state index contributed by atoms with van der Waals surface area (Å²) in [5, 5.41) is 2.52. The summed E-state index contributed by atoms with van der Waals surface area (Å²) < 4.78 is 7.22. The smallest absolute Gasteiger partial charge is 0.325 e. The lowest BCUT2D eigenvalue weighted by molar-refractivity contribution is -0.141. The number of nitrogens with one attached hydrogen (secondary N) is 1. The molecule has 1 aromatic heterocycles. The van der Waals surface area contributed by atoms with Gasteiger partial charge in [-0.3, -0.25) is 14.4 Å². The Hall–Kier alpha value is -2.89. The van der Waals surface area contributed by atoms with E-state index in [9.17, 15) is 14.4 Å². The van der Waals surface area contributed by atoms with E-state index >= 15 is 0 Å². The van der Waals surface area contributed by atoms with E-state index in [4.69, 9.17) is 4.74 Å². The Balaban J connectivity index is 1.51. The largest absolute Gasteiger partial charge is 0.456 e. The first kappa shape index (κ1) is 18.9. The van der Waals surface area contributed by atoms with Crippen molar-refractivity contribution in [3.8, 4) is 0 Å². The summed E-state index contributed by atoms with van der Waals surface area (Å²) in [5.41, 5.74) is 3.90. The van der Waals surface area contributed by atoms with E-state index in [0.29, 0.717) is 17.2 Å². The Morgan fingerprint density at radius 1 is 1.11 bits per heavy atom. The van der Waals surface area contributed by atoms with E-state index in [1.54, 1.807) is 12.1 Å². The van der Waals surface area contributed by atoms with Crippen LogP contribution in [-0.4, -0.2) is 35.4 Å². The number of aromatic nitrogens is 1. The average Bonchev–Trinajstić information content (AvgIpc) is 3.42. The van der Waals surface area contributed by atoms with Crippen LogP contribution in [0.25, 0.3) is 0 Å². The molecular formula is C21H24N2O4. The summed E-state index contributed by atoms with van der Waals surface area (Å²) in [6, 6.07) is 9.46. The van der Waals surface area contributed by atoms with Crippen LogP contribution in [0.5, 0.6) is 0 Å². The summed E-state index contributed by atoms with van der Waals surface area (Å²) in [6.07, 6.45) is 2.28. The first-order valence-electron chi connectivity index (χ1n) is 9.09. The normalized spacial score (nSPS) is 13.3. The SMILES string of the molecule is Cc1ccccc1C(=O)NCC(=O)OCC(=O)c1cc(C)n(C2CC2)c1C. The highest BCUT2D eigenvalue weighted by Gasteiger charge is 2.28. The van der Waals surface area contributed by atoms with Gasteiger partial charge in [0.05, 0.1) is 0 Å². The Kier molecular flexibility index (Phi) is 5.44. The first-order chi connectivity index (χ1) is 12.9. The van der Waals surface area contributed by atoms with Crippen LogP contribution >= 0.6 is 0 Å². The van der Waals surface area contributed by atoms with Crippen molar-refractivity contribution in [3.05, 3.63) is 58.4 Å². The van der Waals surface area contributed by atoms with Crippen molar-refractivity contribution in [2.75, 3.05) is 13.2 Å². The number of nitrogens with zero attached hydrogens (tertiary/aromatic N) is 1. The number of ketones is 1. The van der Waals surface area contributed by atoms with E-state index < -0.39 is 5.97 Å². The third-order valence-corrected chi connectivity index (χ3v) is 4.84. The Labute approximate surface area is 158 Å². The maximum Gasteiger partial charge on any atom is 0.325 e. The molecule has 1 amide bonds. The lowest BCUT2D eigenvalue weighted by atomic mass is 10.1. The summed E-state index contributed by atoms with van der Waals surface area (Å²) in [4.78, 5) is 36.4. The van der Waals surface area contributed by atoms with Gasteiger partial charge in [0.15, 0.2) is 6.61 Å². The number of rotatable bonds is 7. The molecule has 2 aromatic rings. The predicted molar refractivity (Wildman–Crippen MR) is 101 cm³/mol. The summed E-state index contributed by atoms with van der Waals surface area (Å²) >= 11 is 0. The van der Waals surface area contributed by atoms with E-state index in [0.717, 1.165) is 29.8 Å². The van der Waals surface area contributed by atoms with Crippen LogP contribution in [0.2, 0.25) is 0 Å². The number of aryl methyl sites for hydroxylation is 2. The van der Waals surface area contributed by atoms with Gasteiger partial charge in [-0.25, -0.2) is 0 Å². The predicted octanol–water partition coefficient (Wildman–Crippen LogP) is 2.90. The van der Waals surface area contributed by atoms with Gasteiger partial charge in [0, 0.05) is 28.6 Å². The van der Waals surface area contributed by atoms with Crippen molar-refractivity contribution in [3.63, 3.8) is 0 Å². The fourth-order valence-electron chi connectivity index (χ4n) is 3.30. The third kappa shape index (κ3) is 4.27. The van der Waals surface area contributed by atoms with Crippen molar-refractivity contribution in [2.24, 2.45) is 0 Å². The van der Waals surface area contributed by atoms with Gasteiger partial charge in [0.25, 0.3) is 5.91 Å². The maximum absolute atomic E-state index is 12.4. The van der Waals surface area contributed by atoms with Crippen molar-refractivity contribution in [1.82, 2.24) is 9.88 Å². The lowest BCUT2D eigenvalue weighted by Crippen LogP contribution is -2.31. The van der Waals surface area contributed by atoms with Gasteiger partial charge < -0.3 is 14.6 Å². The Morgan fingerprint density at radius 2 is 1.81 bits per heavy atom. The van der Waals surface area contributed by atoms with Crippen LogP contribution in [0.1, 0.15) is 56.6 Å². The van der Waals surface area contributed by atoms with Gasteiger partial charge in [-0.2, -0.15) is 0 Å². The maximum atomic E-state index is 12.4. The lowest BCUT2D eigenvalue weighted by Gasteiger charge is -2.09. The summed E-state index contributed by atoms with van der Waals surface area (Å²) in [6.45, 7) is 5.12. The molecule has 1 fully saturated rings. The number of ether oxygens (including phenoxy) is 1. The number of hydrogen-bond acceptors (Lipinski definition) is 4. The van der Waals surface area contributed by atoms with E-state index in [1.165, 1.54) is 0 Å². The highest BCUT2D eigenvalue weighted by Crippen LogP contribution is 2.38. The molecule has 1 aliphatic rings. The number of hydrogen-bond donors (Lipinski definition) is 1. The second-order valence-electron chi connectivity index (χ2n) is 6.97. The molecule has 0 radical (unpaired) electrons. The molecule has 0 unspecified atom stereocenters. The molecule has 1 N–H and O–H groups in total. The first-order valence-corrected chi connectivity index (χ1v) is 9.09. The van der Waals surface area contributed by atoms with Gasteiger partial charge >= 0.3 is 5.97 Å². The highest BCUT2D eigenvalue weighted by molar-refractivity contribution is 6.00. The molecule has 0 saturated heterocycles. The van der Waals surface area contributed by atoms with Crippen LogP contribution in [0.4, 0.5) is 0 Å². The van der Waals surface area contributed by atoms with Gasteiger partial charge in [-0.05, 0) is 51.3 Å². The Bertz CT molecular complexity index is 894. The molecule has 0 atom stereocenters. The van der Waals surface area contributed by atoms with Crippen molar-refractivity contribution >= 4 is 17.7 Å². The third-order valence-electron chi connectivity index (χ3n) is 4.84. The molecule has 1 heterocycles. The zero-order valence-corrected chi connectivity index (χ0v) is 15.9. The number of benzene rings is 1. The second kappa shape index (κ2) is 7.78. The molecule has 0 bridgehead atoms. The quantitative estimate of drug-likeness (QED) is 0.602. The molecule has 6 heteroatoms. The minimum Gasteiger partial charge on any atom is -0.456 e. The summed E-state index contributed by atoms with van der Waals surface area (Å²) in [5.74, 6) is -1.21. The van der Waals surface area contributed by atoms with Crippen LogP contribution in [0.15, 0.2) is 30.3 Å². The molecule has 27 heavy (non-hydrogen) atoms. The standard InChI is InChI=1S/C21H24N2O4/c1-13-6-4-5-7-17(13)21(26)22-11-20(25)27-12-19(24)18-10-14(2)23(15(18)3)16-8-9-16/h4-7,10,16H,8-9,11-12H2,1-3H3,(H,22,26). The van der Waals surface area contributed by atoms with Crippen LogP contribution < -0.4 is 5.32 Å². The van der Waals surface area contributed by atoms with Gasteiger partial charge in [0.2, 0.25) is 5.78 Å². The van der Waals surface area contributed by atoms with Gasteiger partial charge in [-0.1, -0.05) is 18.2 Å². The molecule has 142 valence electrons. The zero-order valence-electron chi connectivity index (χ0n) is 15.9. The minimum absolute atomic E-state index is 0.228. The molecule has 1 aromatic carbocycles. The van der Waals surface area contributed by atoms with Crippen molar-refractivity contribution in [1.29, 1.82) is 0 Å². The number of carbonyl (C=O) groups is 3. The summed E-state index contributed by atoms with van der Waals surface area (Å²) in [7, 11) is 0. The number of esters is 1. The Morgan fingerprint density at radius 3 is 2.48 bits per heavy atom. The molecule has 1 aliphatic carbocycles. The molecule has 1 saturated carbocycles. The van der Waals surface area contributed by atoms with E-state index in [1.807, 2.05) is 39.0 Å². The topological polar surface area (TPSA) is 77.4 Å². The van der Waals surface area contributed by atoms with Crippen LogP contribution in [-0.2, 0) is 9.53 Å². The molecular weight excluding hydrogens is 344 g/mol. The number of Topliss-reactive ketones (excluding diaryl/α,β-unsaturated/α-hetero) is 1. The highest BCUT2D eigenvalue weighted by atomic mass is 16.5. The molecule has 3 rings (SSSR count). The number of amides is 1. The second-order valence-corrected chi connectivity index (χ2v) is 6.97. The monoisotopic (exact) mass is 368 g/mol. The zero-order chi connectivity index (χ0) is 19.6. The van der Waals surface area contributed by atoms with Gasteiger partial charge in [0.1, 0.15) is 6.54 Å². The van der Waals surface area contributed by atoms with Crippen molar-refractivity contribution < 1.29 is 19.1 Å². The fraction of sp³-hybridized carbons (Fsp3) is 0.381. The van der Waals surface area contributed by atoms with E-state index in [2.05, 4.69) is 9.88 Å². The molecule has 6 nitrogen and oxygen atoms in total.